The topological polar surface area (TPSA) is 82.3 Å². The van der Waals surface area contributed by atoms with Crippen molar-refractivity contribution in [3.05, 3.63) is 33.7 Å². The maximum absolute atomic E-state index is 12.3. The van der Waals surface area contributed by atoms with Gasteiger partial charge in [-0.2, -0.15) is 0 Å². The van der Waals surface area contributed by atoms with Gasteiger partial charge in [-0.05, 0) is 30.9 Å². The fourth-order valence-electron chi connectivity index (χ4n) is 3.85. The highest BCUT2D eigenvalue weighted by atomic mass is 16.2. The molecule has 1 unspecified atom stereocenters. The molecule has 2 fully saturated rings. The molecule has 6 heteroatoms. The summed E-state index contributed by atoms with van der Waals surface area (Å²) in [6.07, 6.45) is 5.08. The number of amides is 2. The molecule has 0 aromatic carbocycles. The summed E-state index contributed by atoms with van der Waals surface area (Å²) < 4.78 is 0. The van der Waals surface area contributed by atoms with Crippen molar-refractivity contribution in [1.29, 1.82) is 0 Å². The molecule has 0 spiro atoms. The van der Waals surface area contributed by atoms with Crippen molar-refractivity contribution in [3.63, 3.8) is 0 Å². The predicted octanol–water partition coefficient (Wildman–Crippen LogP) is 2.02. The van der Waals surface area contributed by atoms with Gasteiger partial charge in [0.2, 0.25) is 5.91 Å². The van der Waals surface area contributed by atoms with Crippen LogP contribution < -0.4 is 10.9 Å². The van der Waals surface area contributed by atoms with Crippen LogP contribution >= 0.6 is 0 Å². The molecule has 25 heavy (non-hydrogen) atoms. The number of likely N-dealkylation sites (tertiary alicyclic amines) is 1. The number of nitrogens with zero attached hydrogens (tertiary/aromatic N) is 1. The molecule has 2 aliphatic rings. The Hall–Kier alpha value is -2.11. The van der Waals surface area contributed by atoms with Gasteiger partial charge in [0, 0.05) is 37.2 Å². The minimum atomic E-state index is -0.372. The summed E-state index contributed by atoms with van der Waals surface area (Å²) in [4.78, 5) is 41.3. The van der Waals surface area contributed by atoms with E-state index < -0.39 is 0 Å². The van der Waals surface area contributed by atoms with Crippen molar-refractivity contribution in [1.82, 2.24) is 15.2 Å². The molecule has 1 saturated carbocycles. The van der Waals surface area contributed by atoms with E-state index in [1.165, 1.54) is 12.8 Å². The number of aromatic amines is 1. The molecule has 2 amide bonds. The van der Waals surface area contributed by atoms with Crippen molar-refractivity contribution in [3.8, 4) is 0 Å². The molecule has 1 aliphatic heterocycles. The normalized spacial score (nSPS) is 21.3. The average Bonchev–Trinajstić information content (AvgIpc) is 3.21. The number of aromatic nitrogens is 1. The molecule has 1 aliphatic carbocycles. The summed E-state index contributed by atoms with van der Waals surface area (Å²) in [6.45, 7) is 5.11. The van der Waals surface area contributed by atoms with Crippen LogP contribution in [0.3, 0.4) is 0 Å². The van der Waals surface area contributed by atoms with Crippen LogP contribution in [0.2, 0.25) is 0 Å². The van der Waals surface area contributed by atoms with Gasteiger partial charge in [-0.15, -0.1) is 0 Å². The molecule has 1 atom stereocenters. The summed E-state index contributed by atoms with van der Waals surface area (Å²) in [6, 6.07) is 3.75. The Balaban J connectivity index is 1.56. The van der Waals surface area contributed by atoms with Crippen molar-refractivity contribution >= 4 is 11.8 Å². The molecule has 2 heterocycles. The zero-order valence-electron chi connectivity index (χ0n) is 15.0. The van der Waals surface area contributed by atoms with E-state index >= 15 is 0 Å². The molecule has 1 aromatic rings. The summed E-state index contributed by atoms with van der Waals surface area (Å²) in [5.74, 6) is 0.163. The minimum Gasteiger partial charge on any atom is -0.352 e. The Morgan fingerprint density at radius 1 is 1.28 bits per heavy atom. The number of nitrogens with one attached hydrogen (secondary N) is 2. The maximum atomic E-state index is 12.3. The lowest BCUT2D eigenvalue weighted by Gasteiger charge is -2.24. The quantitative estimate of drug-likeness (QED) is 0.856. The zero-order chi connectivity index (χ0) is 18.0. The molecule has 2 N–H and O–H groups in total. The smallest absolute Gasteiger partial charge is 0.261 e. The van der Waals surface area contributed by atoms with E-state index in [2.05, 4.69) is 10.3 Å². The third-order valence-corrected chi connectivity index (χ3v) is 5.35. The van der Waals surface area contributed by atoms with E-state index in [0.29, 0.717) is 25.6 Å². The third kappa shape index (κ3) is 3.94. The second-order valence-corrected chi connectivity index (χ2v) is 7.58. The predicted molar refractivity (Wildman–Crippen MR) is 95.6 cm³/mol. The largest absolute Gasteiger partial charge is 0.352 e. The maximum Gasteiger partial charge on any atom is 0.261 e. The molecule has 1 aromatic heterocycles. The number of carbonyl (C=O) groups is 2. The van der Waals surface area contributed by atoms with Gasteiger partial charge in [-0.25, -0.2) is 0 Å². The SMILES string of the molecule is CC(C)c1ccc(C(=O)NCC2CC(=O)N(C3CCCC3)C2)c(=O)[nH]1. The summed E-state index contributed by atoms with van der Waals surface area (Å²) in [5.41, 5.74) is 0.579. The monoisotopic (exact) mass is 345 g/mol. The van der Waals surface area contributed by atoms with Crippen molar-refractivity contribution in [2.45, 2.75) is 57.9 Å². The average molecular weight is 345 g/mol. The van der Waals surface area contributed by atoms with Gasteiger partial charge in [-0.1, -0.05) is 26.7 Å². The Kier molecular flexibility index (Phi) is 5.25. The molecule has 136 valence electrons. The highest BCUT2D eigenvalue weighted by molar-refractivity contribution is 5.93. The van der Waals surface area contributed by atoms with Gasteiger partial charge in [0.15, 0.2) is 0 Å². The van der Waals surface area contributed by atoms with Crippen LogP contribution in [0.15, 0.2) is 16.9 Å². The molecular formula is C19H27N3O3. The van der Waals surface area contributed by atoms with Crippen LogP contribution in [0.1, 0.15) is 67.9 Å². The van der Waals surface area contributed by atoms with Gasteiger partial charge in [0.1, 0.15) is 5.56 Å². The standard InChI is InChI=1S/C19H27N3O3/c1-12(2)16-8-7-15(19(25)21-16)18(24)20-10-13-9-17(23)22(11-13)14-5-3-4-6-14/h7-8,12-14H,3-6,9-11H2,1-2H3,(H,20,24)(H,21,25). The molecule has 6 nitrogen and oxygen atoms in total. The second-order valence-electron chi connectivity index (χ2n) is 7.58. The number of H-pyrrole nitrogens is 1. The van der Waals surface area contributed by atoms with Gasteiger partial charge in [-0.3, -0.25) is 14.4 Å². The minimum absolute atomic E-state index is 0.126. The number of hydrogen-bond donors (Lipinski definition) is 2. The molecule has 0 bridgehead atoms. The van der Waals surface area contributed by atoms with Gasteiger partial charge >= 0.3 is 0 Å². The molecule has 1 saturated heterocycles. The summed E-state index contributed by atoms with van der Waals surface area (Å²) in [5, 5.41) is 2.82. The Morgan fingerprint density at radius 3 is 2.64 bits per heavy atom. The Bertz CT molecular complexity index is 704. The first-order valence-corrected chi connectivity index (χ1v) is 9.26. The number of pyridine rings is 1. The Labute approximate surface area is 148 Å². The zero-order valence-corrected chi connectivity index (χ0v) is 15.0. The van der Waals surface area contributed by atoms with Crippen LogP contribution in [0.25, 0.3) is 0 Å². The van der Waals surface area contributed by atoms with Gasteiger partial charge in [0.05, 0.1) is 0 Å². The van der Waals surface area contributed by atoms with Crippen LogP contribution in [0.4, 0.5) is 0 Å². The fraction of sp³-hybridized carbons (Fsp3) is 0.632. The van der Waals surface area contributed by atoms with Gasteiger partial charge in [0.25, 0.3) is 11.5 Å². The van der Waals surface area contributed by atoms with Crippen LogP contribution in [0, 0.1) is 5.92 Å². The number of carbonyl (C=O) groups excluding carboxylic acids is 2. The first kappa shape index (κ1) is 17.7. The highest BCUT2D eigenvalue weighted by Crippen LogP contribution is 2.29. The van der Waals surface area contributed by atoms with Crippen LogP contribution in [-0.2, 0) is 4.79 Å². The van der Waals surface area contributed by atoms with E-state index in [1.54, 1.807) is 12.1 Å². The van der Waals surface area contributed by atoms with Crippen LogP contribution in [-0.4, -0.2) is 40.8 Å². The fourth-order valence-corrected chi connectivity index (χ4v) is 3.85. The lowest BCUT2D eigenvalue weighted by atomic mass is 10.1. The Morgan fingerprint density at radius 2 is 2.00 bits per heavy atom. The van der Waals surface area contributed by atoms with Crippen molar-refractivity contribution in [2.75, 3.05) is 13.1 Å². The van der Waals surface area contributed by atoms with Crippen molar-refractivity contribution in [2.24, 2.45) is 5.92 Å². The van der Waals surface area contributed by atoms with Crippen LogP contribution in [0.5, 0.6) is 0 Å². The first-order chi connectivity index (χ1) is 12.0. The molecule has 0 radical (unpaired) electrons. The first-order valence-electron chi connectivity index (χ1n) is 9.26. The summed E-state index contributed by atoms with van der Waals surface area (Å²) >= 11 is 0. The number of hydrogen-bond acceptors (Lipinski definition) is 3. The third-order valence-electron chi connectivity index (χ3n) is 5.35. The summed E-state index contributed by atoms with van der Waals surface area (Å²) in [7, 11) is 0. The van der Waals surface area contributed by atoms with E-state index in [0.717, 1.165) is 18.5 Å². The molecule has 3 rings (SSSR count). The lowest BCUT2D eigenvalue weighted by Crippen LogP contribution is -2.36. The number of rotatable bonds is 5. The molecular weight excluding hydrogens is 318 g/mol. The lowest BCUT2D eigenvalue weighted by molar-refractivity contribution is -0.129. The second kappa shape index (κ2) is 7.42. The van der Waals surface area contributed by atoms with Gasteiger partial charge < -0.3 is 15.2 Å². The van der Waals surface area contributed by atoms with E-state index in [4.69, 9.17) is 0 Å². The van der Waals surface area contributed by atoms with E-state index in [-0.39, 0.29) is 34.8 Å². The van der Waals surface area contributed by atoms with E-state index in [9.17, 15) is 14.4 Å². The van der Waals surface area contributed by atoms with E-state index in [1.807, 2.05) is 18.7 Å². The van der Waals surface area contributed by atoms with Crippen molar-refractivity contribution < 1.29 is 9.59 Å². The highest BCUT2D eigenvalue weighted by Gasteiger charge is 2.35.